The molecular formula is C17H24N2S. The number of piperidine rings is 1. The topological polar surface area (TPSA) is 19.0 Å². The molecule has 2 heterocycles. The summed E-state index contributed by atoms with van der Waals surface area (Å²) >= 11 is 0. The lowest BCUT2D eigenvalue weighted by Crippen LogP contribution is -2.29. The van der Waals surface area contributed by atoms with Gasteiger partial charge in [0.25, 0.3) is 0 Å². The molecule has 2 nitrogen and oxygen atoms in total. The van der Waals surface area contributed by atoms with Gasteiger partial charge >= 0.3 is 0 Å². The summed E-state index contributed by atoms with van der Waals surface area (Å²) in [7, 11) is -1.04. The average Bonchev–Trinajstić information content (AvgIpc) is 2.83. The van der Waals surface area contributed by atoms with Gasteiger partial charge in [-0.3, -0.25) is 4.31 Å². The molecule has 0 unspecified atom stereocenters. The fourth-order valence-corrected chi connectivity index (χ4v) is 4.37. The van der Waals surface area contributed by atoms with Crippen molar-refractivity contribution in [2.75, 3.05) is 19.3 Å². The first-order valence-corrected chi connectivity index (χ1v) is 9.56. The van der Waals surface area contributed by atoms with E-state index in [2.05, 4.69) is 58.6 Å². The molecule has 108 valence electrons. The summed E-state index contributed by atoms with van der Waals surface area (Å²) in [6.07, 6.45) is 6.84. The molecule has 1 N–H and O–H groups in total. The van der Waals surface area contributed by atoms with E-state index in [1.54, 1.807) is 0 Å². The summed E-state index contributed by atoms with van der Waals surface area (Å²) in [4.78, 5) is 3.46. The number of hydrogen-bond donors (Lipinski definition) is 1. The van der Waals surface area contributed by atoms with Crippen LogP contribution in [-0.2, 0) is 0 Å². The lowest BCUT2D eigenvalue weighted by molar-refractivity contribution is 0.346. The Morgan fingerprint density at radius 2 is 1.95 bits per heavy atom. The van der Waals surface area contributed by atoms with Crippen LogP contribution in [0.15, 0.2) is 24.4 Å². The Kier molecular flexibility index (Phi) is 3.43. The summed E-state index contributed by atoms with van der Waals surface area (Å²) in [5.74, 6) is 9.14. The highest BCUT2D eigenvalue weighted by Crippen LogP contribution is 2.37. The zero-order valence-electron chi connectivity index (χ0n) is 12.5. The molecule has 1 aromatic heterocycles. The van der Waals surface area contributed by atoms with Crippen LogP contribution >= 0.6 is 9.39 Å². The number of aromatic amines is 1. The van der Waals surface area contributed by atoms with Gasteiger partial charge in [-0.25, -0.2) is 0 Å². The molecule has 0 spiro atoms. The number of H-pyrrole nitrogens is 1. The minimum Gasteiger partial charge on any atom is -0.361 e. The van der Waals surface area contributed by atoms with E-state index in [-0.39, 0.29) is 0 Å². The molecule has 1 aliphatic rings. The number of rotatable bonds is 2. The molecule has 0 saturated carbocycles. The Morgan fingerprint density at radius 3 is 2.60 bits per heavy atom. The lowest BCUT2D eigenvalue weighted by Gasteiger charge is -2.35. The predicted molar refractivity (Wildman–Crippen MR) is 94.3 cm³/mol. The molecule has 1 saturated heterocycles. The van der Waals surface area contributed by atoms with E-state index in [1.807, 2.05) is 0 Å². The molecule has 0 aliphatic carbocycles. The maximum Gasteiger partial charge on any atom is 0.0486 e. The normalized spacial score (nSPS) is 18.7. The van der Waals surface area contributed by atoms with Crippen molar-refractivity contribution in [2.45, 2.75) is 25.7 Å². The van der Waals surface area contributed by atoms with E-state index in [4.69, 9.17) is 0 Å². The molecule has 3 rings (SSSR count). The van der Waals surface area contributed by atoms with Gasteiger partial charge in [0.15, 0.2) is 0 Å². The molecule has 3 heteroatoms. The van der Waals surface area contributed by atoms with Crippen molar-refractivity contribution < 1.29 is 0 Å². The maximum absolute atomic E-state index is 4.24. The Labute approximate surface area is 122 Å². The Morgan fingerprint density at radius 1 is 1.25 bits per heavy atom. The van der Waals surface area contributed by atoms with Crippen molar-refractivity contribution in [3.63, 3.8) is 0 Å². The van der Waals surface area contributed by atoms with Crippen LogP contribution < -0.4 is 0 Å². The largest absolute Gasteiger partial charge is 0.361 e. The summed E-state index contributed by atoms with van der Waals surface area (Å²) in [5.41, 5.74) is 4.13. The molecule has 1 aliphatic heterocycles. The number of para-hydroxylation sites is 1. The number of hydrogen-bond acceptors (Lipinski definition) is 1. The van der Waals surface area contributed by atoms with Crippen molar-refractivity contribution in [2.24, 2.45) is 0 Å². The van der Waals surface area contributed by atoms with Gasteiger partial charge < -0.3 is 4.98 Å². The van der Waals surface area contributed by atoms with Crippen LogP contribution in [-0.4, -0.2) is 40.4 Å². The Balaban J connectivity index is 1.86. The number of fused-ring (bicyclic) bond motifs is 1. The van der Waals surface area contributed by atoms with Crippen LogP contribution in [0.5, 0.6) is 0 Å². The first-order valence-electron chi connectivity index (χ1n) is 7.23. The van der Waals surface area contributed by atoms with Crippen LogP contribution in [0.3, 0.4) is 0 Å². The van der Waals surface area contributed by atoms with Crippen LogP contribution in [0.1, 0.15) is 29.9 Å². The zero-order chi connectivity index (χ0) is 14.3. The third-order valence-corrected chi connectivity index (χ3v) is 6.08. The van der Waals surface area contributed by atoms with Crippen molar-refractivity contribution in [3.8, 4) is 0 Å². The molecule has 0 bridgehead atoms. The molecule has 1 aromatic carbocycles. The second-order valence-corrected chi connectivity index (χ2v) is 9.13. The second-order valence-electron chi connectivity index (χ2n) is 6.17. The summed E-state index contributed by atoms with van der Waals surface area (Å²) in [6, 6.07) is 6.58. The van der Waals surface area contributed by atoms with Crippen LogP contribution in [0.25, 0.3) is 10.9 Å². The van der Waals surface area contributed by atoms with Gasteiger partial charge in [0.2, 0.25) is 0 Å². The summed E-state index contributed by atoms with van der Waals surface area (Å²) in [6.45, 7) is 4.43. The van der Waals surface area contributed by atoms with E-state index in [0.717, 1.165) is 13.1 Å². The van der Waals surface area contributed by atoms with Crippen LogP contribution in [0.4, 0.5) is 0 Å². The molecular weight excluding hydrogens is 264 g/mol. The zero-order valence-corrected chi connectivity index (χ0v) is 13.3. The molecule has 2 aromatic rings. The van der Waals surface area contributed by atoms with Gasteiger partial charge in [-0.15, -0.1) is 0 Å². The predicted octanol–water partition coefficient (Wildman–Crippen LogP) is 3.87. The minimum atomic E-state index is -1.04. The monoisotopic (exact) mass is 288 g/mol. The highest BCUT2D eigenvalue weighted by molar-refractivity contribution is 8.25. The fourth-order valence-electron chi connectivity index (χ4n) is 3.27. The number of nitrogens with one attached hydrogen (secondary N) is 1. The third kappa shape index (κ3) is 2.40. The highest BCUT2D eigenvalue weighted by atomic mass is 32.2. The van der Waals surface area contributed by atoms with Crippen molar-refractivity contribution >= 4 is 32.0 Å². The fraction of sp³-hybridized carbons (Fsp3) is 0.412. The van der Waals surface area contributed by atoms with Gasteiger partial charge in [-0.2, -0.15) is 9.39 Å². The van der Waals surface area contributed by atoms with E-state index in [9.17, 15) is 0 Å². The number of benzene rings is 1. The molecule has 0 atom stereocenters. The molecule has 0 amide bonds. The SMILES string of the molecule is C=S(=C)(C)N1CCC(c2c[nH]c3c(C)cccc23)CC1. The van der Waals surface area contributed by atoms with Crippen LogP contribution in [0, 0.1) is 6.92 Å². The number of aromatic nitrogens is 1. The van der Waals surface area contributed by atoms with Crippen molar-refractivity contribution in [1.29, 1.82) is 0 Å². The molecule has 0 radical (unpaired) electrons. The van der Waals surface area contributed by atoms with Crippen molar-refractivity contribution in [3.05, 3.63) is 35.5 Å². The highest BCUT2D eigenvalue weighted by Gasteiger charge is 2.23. The molecule has 20 heavy (non-hydrogen) atoms. The van der Waals surface area contributed by atoms with Gasteiger partial charge in [0.1, 0.15) is 0 Å². The lowest BCUT2D eigenvalue weighted by atomic mass is 9.90. The number of nitrogens with zero attached hydrogens (tertiary/aromatic N) is 1. The summed E-state index contributed by atoms with van der Waals surface area (Å²) < 4.78 is 2.48. The first kappa shape index (κ1) is 13.8. The smallest absolute Gasteiger partial charge is 0.0486 e. The van der Waals surface area contributed by atoms with E-state index >= 15 is 0 Å². The Bertz CT molecular complexity index is 717. The van der Waals surface area contributed by atoms with Gasteiger partial charge in [-0.05, 0) is 43.1 Å². The third-order valence-electron chi connectivity index (χ3n) is 4.47. The average molecular weight is 288 g/mol. The second kappa shape index (κ2) is 4.97. The van der Waals surface area contributed by atoms with Crippen LogP contribution in [0.2, 0.25) is 0 Å². The standard InChI is InChI=1S/C17H24N2S/c1-13-6-5-7-15-16(12-18-17(13)15)14-8-10-19(11-9-14)20(2,3)4/h5-7,12,14,18H,2-3,8-11H2,1,4H3. The van der Waals surface area contributed by atoms with Gasteiger partial charge in [0.05, 0.1) is 0 Å². The van der Waals surface area contributed by atoms with Gasteiger partial charge in [0, 0.05) is 30.2 Å². The summed E-state index contributed by atoms with van der Waals surface area (Å²) in [5, 5.41) is 1.41. The van der Waals surface area contributed by atoms with E-state index < -0.39 is 9.39 Å². The van der Waals surface area contributed by atoms with E-state index in [1.165, 1.54) is 34.9 Å². The quantitative estimate of drug-likeness (QED) is 0.831. The van der Waals surface area contributed by atoms with Crippen molar-refractivity contribution in [1.82, 2.24) is 9.29 Å². The number of aryl methyl sites for hydroxylation is 1. The first-order chi connectivity index (χ1) is 9.47. The molecule has 1 fully saturated rings. The maximum atomic E-state index is 4.24. The van der Waals surface area contributed by atoms with E-state index in [0.29, 0.717) is 5.92 Å². The van der Waals surface area contributed by atoms with Gasteiger partial charge in [-0.1, -0.05) is 29.9 Å². The minimum absolute atomic E-state index is 0.670. The Hall–Kier alpha value is -1.19.